The smallest absolute Gasteiger partial charge is 0.356 e. The van der Waals surface area contributed by atoms with Gasteiger partial charge in [0, 0.05) is 25.1 Å². The van der Waals surface area contributed by atoms with Crippen molar-refractivity contribution in [2.24, 2.45) is 5.41 Å². The van der Waals surface area contributed by atoms with Crippen molar-refractivity contribution >= 4 is 5.91 Å². The number of hydrogen-bond acceptors (Lipinski definition) is 2. The molecule has 2 aliphatic rings. The SMILES string of the molecule is O=C1CCC2(CCN1)CCN(Cc1ccc(C(F)(F)F)cc1F)CC2. The first-order valence-corrected chi connectivity index (χ1v) is 8.62. The molecule has 1 aromatic carbocycles. The topological polar surface area (TPSA) is 32.3 Å². The van der Waals surface area contributed by atoms with Crippen molar-refractivity contribution in [3.05, 3.63) is 35.1 Å². The van der Waals surface area contributed by atoms with Gasteiger partial charge in [-0.3, -0.25) is 9.69 Å². The van der Waals surface area contributed by atoms with Gasteiger partial charge in [-0.25, -0.2) is 4.39 Å². The number of likely N-dealkylation sites (tertiary alicyclic amines) is 1. The maximum atomic E-state index is 14.0. The first-order valence-electron chi connectivity index (χ1n) is 8.62. The van der Waals surface area contributed by atoms with E-state index < -0.39 is 17.6 Å². The molecule has 0 unspecified atom stereocenters. The van der Waals surface area contributed by atoms with Crippen LogP contribution in [0.3, 0.4) is 0 Å². The number of rotatable bonds is 2. The third kappa shape index (κ3) is 4.32. The summed E-state index contributed by atoms with van der Waals surface area (Å²) in [6.45, 7) is 2.56. The highest BCUT2D eigenvalue weighted by molar-refractivity contribution is 5.76. The van der Waals surface area contributed by atoms with Gasteiger partial charge in [-0.05, 0) is 56.3 Å². The number of amides is 1. The first kappa shape index (κ1) is 18.2. The zero-order chi connectivity index (χ0) is 18.1. The number of nitrogens with one attached hydrogen (secondary N) is 1. The van der Waals surface area contributed by atoms with Crippen molar-refractivity contribution in [1.29, 1.82) is 0 Å². The summed E-state index contributed by atoms with van der Waals surface area (Å²) in [4.78, 5) is 13.6. The molecule has 3 rings (SSSR count). The summed E-state index contributed by atoms with van der Waals surface area (Å²) in [7, 11) is 0. The molecule has 1 amide bonds. The van der Waals surface area contributed by atoms with Crippen LogP contribution >= 0.6 is 0 Å². The minimum Gasteiger partial charge on any atom is -0.356 e. The van der Waals surface area contributed by atoms with Gasteiger partial charge in [0.2, 0.25) is 5.91 Å². The summed E-state index contributed by atoms with van der Waals surface area (Å²) in [5, 5.41) is 2.90. The molecule has 0 atom stereocenters. The van der Waals surface area contributed by atoms with E-state index in [2.05, 4.69) is 10.2 Å². The van der Waals surface area contributed by atoms with Crippen LogP contribution in [0.5, 0.6) is 0 Å². The van der Waals surface area contributed by atoms with E-state index in [4.69, 9.17) is 0 Å². The first-order chi connectivity index (χ1) is 11.8. The average Bonchev–Trinajstić information content (AvgIpc) is 2.73. The van der Waals surface area contributed by atoms with E-state index in [1.54, 1.807) is 0 Å². The lowest BCUT2D eigenvalue weighted by Crippen LogP contribution is -2.40. The van der Waals surface area contributed by atoms with E-state index in [1.165, 1.54) is 6.07 Å². The minimum atomic E-state index is -4.53. The summed E-state index contributed by atoms with van der Waals surface area (Å²) >= 11 is 0. The van der Waals surface area contributed by atoms with Crippen LogP contribution in [0, 0.1) is 11.2 Å². The highest BCUT2D eigenvalue weighted by atomic mass is 19.4. The molecule has 0 bridgehead atoms. The average molecular weight is 358 g/mol. The normalized spacial score (nSPS) is 21.8. The van der Waals surface area contributed by atoms with Crippen LogP contribution in [0.15, 0.2) is 18.2 Å². The molecule has 2 heterocycles. The van der Waals surface area contributed by atoms with Crippen LogP contribution in [-0.2, 0) is 17.5 Å². The number of carbonyl (C=O) groups is 1. The molecule has 25 heavy (non-hydrogen) atoms. The number of hydrogen-bond donors (Lipinski definition) is 1. The number of carbonyl (C=O) groups excluding carboxylic acids is 1. The molecule has 0 saturated carbocycles. The summed E-state index contributed by atoms with van der Waals surface area (Å²) in [6.07, 6.45) is -0.271. The van der Waals surface area contributed by atoms with Gasteiger partial charge in [-0.1, -0.05) is 6.07 Å². The molecular weight excluding hydrogens is 336 g/mol. The Kier molecular flexibility index (Phi) is 5.04. The number of halogens is 4. The molecule has 2 fully saturated rings. The van der Waals surface area contributed by atoms with Crippen molar-refractivity contribution in [3.8, 4) is 0 Å². The van der Waals surface area contributed by atoms with Gasteiger partial charge in [-0.2, -0.15) is 13.2 Å². The zero-order valence-corrected chi connectivity index (χ0v) is 14.0. The highest BCUT2D eigenvalue weighted by Gasteiger charge is 2.36. The van der Waals surface area contributed by atoms with Gasteiger partial charge >= 0.3 is 6.18 Å². The van der Waals surface area contributed by atoms with Crippen molar-refractivity contribution in [2.75, 3.05) is 19.6 Å². The standard InChI is InChI=1S/C18H22F4N2O/c19-15-11-14(18(20,21)22)2-1-13(15)12-24-9-6-17(7-10-24)4-3-16(25)23-8-5-17/h1-2,11H,3-10,12H2,(H,23,25). The number of nitrogens with zero attached hydrogens (tertiary/aromatic N) is 1. The number of piperidine rings is 1. The Hall–Kier alpha value is -1.63. The molecule has 138 valence electrons. The third-order valence-corrected chi connectivity index (χ3v) is 5.55. The number of alkyl halides is 3. The molecule has 3 nitrogen and oxygen atoms in total. The molecule has 7 heteroatoms. The Morgan fingerprint density at radius 1 is 1.12 bits per heavy atom. The van der Waals surface area contributed by atoms with E-state index in [0.29, 0.717) is 31.1 Å². The van der Waals surface area contributed by atoms with Gasteiger partial charge in [-0.15, -0.1) is 0 Å². The zero-order valence-electron chi connectivity index (χ0n) is 14.0. The molecule has 0 aliphatic carbocycles. The van der Waals surface area contributed by atoms with Crippen LogP contribution in [0.25, 0.3) is 0 Å². The number of benzene rings is 1. The van der Waals surface area contributed by atoms with E-state index in [-0.39, 0.29) is 11.3 Å². The Bertz CT molecular complexity index is 636. The third-order valence-electron chi connectivity index (χ3n) is 5.55. The fourth-order valence-corrected chi connectivity index (χ4v) is 3.84. The molecule has 1 N–H and O–H groups in total. The summed E-state index contributed by atoms with van der Waals surface area (Å²) < 4.78 is 51.9. The van der Waals surface area contributed by atoms with Crippen LogP contribution in [0.4, 0.5) is 17.6 Å². The maximum Gasteiger partial charge on any atom is 0.416 e. The van der Waals surface area contributed by atoms with Gasteiger partial charge in [0.05, 0.1) is 5.56 Å². The minimum absolute atomic E-state index is 0.103. The Morgan fingerprint density at radius 3 is 2.48 bits per heavy atom. The predicted octanol–water partition coefficient (Wildman–Crippen LogP) is 3.73. The van der Waals surface area contributed by atoms with Gasteiger partial charge in [0.25, 0.3) is 0 Å². The lowest BCUT2D eigenvalue weighted by Gasteiger charge is -2.41. The van der Waals surface area contributed by atoms with Crippen LogP contribution in [0.2, 0.25) is 0 Å². The van der Waals surface area contributed by atoms with E-state index in [1.807, 2.05) is 0 Å². The second-order valence-electron chi connectivity index (χ2n) is 7.18. The molecule has 0 radical (unpaired) electrons. The molecule has 2 saturated heterocycles. The van der Waals surface area contributed by atoms with E-state index >= 15 is 0 Å². The predicted molar refractivity (Wildman–Crippen MR) is 85.2 cm³/mol. The highest BCUT2D eigenvalue weighted by Crippen LogP contribution is 2.40. The molecule has 1 spiro atoms. The van der Waals surface area contributed by atoms with Crippen molar-refractivity contribution in [3.63, 3.8) is 0 Å². The fourth-order valence-electron chi connectivity index (χ4n) is 3.84. The van der Waals surface area contributed by atoms with E-state index in [0.717, 1.165) is 44.8 Å². The maximum absolute atomic E-state index is 14.0. The molecule has 1 aromatic rings. The Morgan fingerprint density at radius 2 is 1.84 bits per heavy atom. The molecule has 0 aromatic heterocycles. The second-order valence-corrected chi connectivity index (χ2v) is 7.18. The summed E-state index contributed by atoms with van der Waals surface area (Å²) in [5.41, 5.74) is -0.502. The van der Waals surface area contributed by atoms with Gasteiger partial charge in [0.15, 0.2) is 0 Å². The van der Waals surface area contributed by atoms with Crippen LogP contribution in [-0.4, -0.2) is 30.4 Å². The quantitative estimate of drug-likeness (QED) is 0.817. The summed E-state index contributed by atoms with van der Waals surface area (Å²) in [5.74, 6) is -0.703. The Labute approximate surface area is 144 Å². The Balaban J connectivity index is 1.60. The lowest BCUT2D eigenvalue weighted by molar-refractivity contribution is -0.137. The lowest BCUT2D eigenvalue weighted by atomic mass is 9.73. The van der Waals surface area contributed by atoms with Crippen molar-refractivity contribution in [1.82, 2.24) is 10.2 Å². The molecular formula is C18H22F4N2O. The molecule has 2 aliphatic heterocycles. The van der Waals surface area contributed by atoms with Crippen LogP contribution in [0.1, 0.15) is 43.2 Å². The van der Waals surface area contributed by atoms with Crippen molar-refractivity contribution in [2.45, 2.75) is 44.8 Å². The van der Waals surface area contributed by atoms with E-state index in [9.17, 15) is 22.4 Å². The van der Waals surface area contributed by atoms with Crippen LogP contribution < -0.4 is 5.32 Å². The second kappa shape index (κ2) is 6.94. The summed E-state index contributed by atoms with van der Waals surface area (Å²) in [6, 6.07) is 2.74. The fraction of sp³-hybridized carbons (Fsp3) is 0.611. The van der Waals surface area contributed by atoms with Gasteiger partial charge < -0.3 is 5.32 Å². The van der Waals surface area contributed by atoms with Crippen molar-refractivity contribution < 1.29 is 22.4 Å². The monoisotopic (exact) mass is 358 g/mol. The largest absolute Gasteiger partial charge is 0.416 e. The van der Waals surface area contributed by atoms with Gasteiger partial charge in [0.1, 0.15) is 5.82 Å².